The van der Waals surface area contributed by atoms with Crippen molar-refractivity contribution in [1.29, 1.82) is 0 Å². The highest BCUT2D eigenvalue weighted by atomic mass is 15.1. The summed E-state index contributed by atoms with van der Waals surface area (Å²) in [5.41, 5.74) is 2.28. The molecular weight excluding hydrogens is 260 g/mol. The van der Waals surface area contributed by atoms with Crippen LogP contribution in [0.2, 0.25) is 0 Å². The van der Waals surface area contributed by atoms with Crippen LogP contribution in [0.3, 0.4) is 0 Å². The van der Waals surface area contributed by atoms with Crippen LogP contribution in [0.25, 0.3) is 0 Å². The fraction of sp³-hybridized carbons (Fsp3) is 0.647. The summed E-state index contributed by atoms with van der Waals surface area (Å²) in [6.07, 6.45) is 10.4. The topological polar surface area (TPSA) is 40.5 Å². The molecule has 0 unspecified atom stereocenters. The smallest absolute Gasteiger partial charge is 0.0548 e. The van der Waals surface area contributed by atoms with Crippen molar-refractivity contribution in [3.05, 3.63) is 29.6 Å². The highest BCUT2D eigenvalue weighted by Crippen LogP contribution is 2.23. The molecule has 1 aliphatic carbocycles. The second-order valence-corrected chi connectivity index (χ2v) is 6.17. The lowest BCUT2D eigenvalue weighted by molar-refractivity contribution is 0.331. The van der Waals surface area contributed by atoms with Crippen molar-refractivity contribution < 1.29 is 0 Å². The summed E-state index contributed by atoms with van der Waals surface area (Å²) in [4.78, 5) is 11.5. The molecule has 1 aromatic rings. The number of rotatable bonds is 8. The van der Waals surface area contributed by atoms with Gasteiger partial charge in [0, 0.05) is 19.0 Å². The van der Waals surface area contributed by atoms with Gasteiger partial charge in [-0.15, -0.1) is 0 Å². The van der Waals surface area contributed by atoms with Crippen molar-refractivity contribution in [2.75, 3.05) is 26.2 Å². The standard InChI is InChI=1S/C17H26N4/c1-2-10-21(9-1)11-3-7-18-14-17-12-15(6-8-19-17)13-20-16-4-5-16/h6,8,12-13,16,18H,1-5,7,9-11,14H2/b20-13-. The van der Waals surface area contributed by atoms with Crippen molar-refractivity contribution >= 4 is 6.21 Å². The molecule has 0 spiro atoms. The monoisotopic (exact) mass is 286 g/mol. The second-order valence-electron chi connectivity index (χ2n) is 6.17. The van der Waals surface area contributed by atoms with E-state index in [-0.39, 0.29) is 0 Å². The minimum Gasteiger partial charge on any atom is -0.311 e. The third kappa shape index (κ3) is 5.21. The number of aromatic nitrogens is 1. The van der Waals surface area contributed by atoms with Crippen LogP contribution >= 0.6 is 0 Å². The van der Waals surface area contributed by atoms with E-state index in [4.69, 9.17) is 0 Å². The SMILES string of the molecule is C(=N/C1CC1)/c1ccnc(CNCCCN2CCCC2)c1. The Morgan fingerprint density at radius 2 is 2.19 bits per heavy atom. The van der Waals surface area contributed by atoms with E-state index in [0.29, 0.717) is 6.04 Å². The highest BCUT2D eigenvalue weighted by Gasteiger charge is 2.18. The first-order chi connectivity index (χ1) is 10.4. The van der Waals surface area contributed by atoms with Gasteiger partial charge in [0.05, 0.1) is 11.7 Å². The van der Waals surface area contributed by atoms with Gasteiger partial charge >= 0.3 is 0 Å². The molecule has 2 fully saturated rings. The summed E-state index contributed by atoms with van der Waals surface area (Å²) < 4.78 is 0. The zero-order valence-electron chi connectivity index (χ0n) is 12.8. The van der Waals surface area contributed by atoms with Crippen LogP contribution in [0.5, 0.6) is 0 Å². The normalized spacial score (nSPS) is 19.6. The van der Waals surface area contributed by atoms with Crippen LogP contribution in [0, 0.1) is 0 Å². The zero-order valence-corrected chi connectivity index (χ0v) is 12.8. The molecule has 3 rings (SSSR count). The Kier molecular flexibility index (Phi) is 5.35. The molecule has 1 saturated heterocycles. The van der Waals surface area contributed by atoms with Gasteiger partial charge in [0.25, 0.3) is 0 Å². The van der Waals surface area contributed by atoms with E-state index in [2.05, 4.69) is 26.3 Å². The molecule has 114 valence electrons. The number of pyridine rings is 1. The number of nitrogens with one attached hydrogen (secondary N) is 1. The Morgan fingerprint density at radius 1 is 1.33 bits per heavy atom. The summed E-state index contributed by atoms with van der Waals surface area (Å²) in [5.74, 6) is 0. The predicted octanol–water partition coefficient (Wildman–Crippen LogP) is 2.24. The van der Waals surface area contributed by atoms with Crippen molar-refractivity contribution in [2.24, 2.45) is 4.99 Å². The molecule has 0 amide bonds. The molecule has 0 bridgehead atoms. The third-order valence-electron chi connectivity index (χ3n) is 4.15. The fourth-order valence-electron chi connectivity index (χ4n) is 2.74. The van der Waals surface area contributed by atoms with Crippen LogP contribution in [0.1, 0.15) is 43.4 Å². The van der Waals surface area contributed by atoms with Crippen LogP contribution in [0.15, 0.2) is 23.3 Å². The van der Waals surface area contributed by atoms with Crippen molar-refractivity contribution in [3.63, 3.8) is 0 Å². The Balaban J connectivity index is 1.35. The number of aliphatic imine (C=N–C) groups is 1. The van der Waals surface area contributed by atoms with Crippen molar-refractivity contribution in [3.8, 4) is 0 Å². The number of nitrogens with zero attached hydrogens (tertiary/aromatic N) is 3. The Labute approximate surface area is 127 Å². The van der Waals surface area contributed by atoms with Crippen LogP contribution < -0.4 is 5.32 Å². The first kappa shape index (κ1) is 14.7. The van der Waals surface area contributed by atoms with Gasteiger partial charge in [-0.1, -0.05) is 0 Å². The molecule has 1 N–H and O–H groups in total. The molecule has 0 aromatic carbocycles. The summed E-state index contributed by atoms with van der Waals surface area (Å²) in [6, 6.07) is 4.76. The molecule has 4 heteroatoms. The summed E-state index contributed by atoms with van der Waals surface area (Å²) in [6.45, 7) is 5.74. The van der Waals surface area contributed by atoms with Gasteiger partial charge in [-0.3, -0.25) is 9.98 Å². The van der Waals surface area contributed by atoms with Gasteiger partial charge in [0.15, 0.2) is 0 Å². The Hall–Kier alpha value is -1.26. The fourth-order valence-corrected chi connectivity index (χ4v) is 2.74. The Morgan fingerprint density at radius 3 is 3.00 bits per heavy atom. The molecule has 1 saturated carbocycles. The van der Waals surface area contributed by atoms with Gasteiger partial charge in [-0.05, 0) is 76.0 Å². The molecule has 2 aliphatic rings. The van der Waals surface area contributed by atoms with Crippen molar-refractivity contribution in [2.45, 2.75) is 44.7 Å². The molecule has 21 heavy (non-hydrogen) atoms. The maximum absolute atomic E-state index is 4.52. The van der Waals surface area contributed by atoms with Crippen molar-refractivity contribution in [1.82, 2.24) is 15.2 Å². The first-order valence-electron chi connectivity index (χ1n) is 8.31. The lowest BCUT2D eigenvalue weighted by Crippen LogP contribution is -2.24. The zero-order chi connectivity index (χ0) is 14.3. The number of hydrogen-bond acceptors (Lipinski definition) is 4. The van der Waals surface area contributed by atoms with Gasteiger partial charge in [0.1, 0.15) is 0 Å². The largest absolute Gasteiger partial charge is 0.311 e. The van der Waals surface area contributed by atoms with Gasteiger partial charge < -0.3 is 10.2 Å². The predicted molar refractivity (Wildman–Crippen MR) is 86.9 cm³/mol. The lowest BCUT2D eigenvalue weighted by atomic mass is 10.2. The minimum atomic E-state index is 0.588. The molecule has 0 radical (unpaired) electrons. The van der Waals surface area contributed by atoms with Crippen LogP contribution in [-0.4, -0.2) is 48.3 Å². The minimum absolute atomic E-state index is 0.588. The summed E-state index contributed by atoms with van der Waals surface area (Å²) in [7, 11) is 0. The van der Waals surface area contributed by atoms with Crippen LogP contribution in [0.4, 0.5) is 0 Å². The molecule has 1 aromatic heterocycles. The maximum atomic E-state index is 4.52. The molecule has 4 nitrogen and oxygen atoms in total. The first-order valence-corrected chi connectivity index (χ1v) is 8.31. The maximum Gasteiger partial charge on any atom is 0.0548 e. The van der Waals surface area contributed by atoms with E-state index in [1.807, 2.05) is 18.5 Å². The highest BCUT2D eigenvalue weighted by molar-refractivity contribution is 5.79. The van der Waals surface area contributed by atoms with Gasteiger partial charge in [-0.25, -0.2) is 0 Å². The second kappa shape index (κ2) is 7.66. The summed E-state index contributed by atoms with van der Waals surface area (Å²) in [5, 5.41) is 3.50. The third-order valence-corrected chi connectivity index (χ3v) is 4.15. The Bertz CT molecular complexity index is 462. The number of hydrogen-bond donors (Lipinski definition) is 1. The van der Waals surface area contributed by atoms with E-state index in [1.165, 1.54) is 57.3 Å². The quantitative estimate of drug-likeness (QED) is 0.588. The van der Waals surface area contributed by atoms with E-state index in [1.54, 1.807) is 0 Å². The molecule has 0 atom stereocenters. The van der Waals surface area contributed by atoms with Gasteiger partial charge in [-0.2, -0.15) is 0 Å². The lowest BCUT2D eigenvalue weighted by Gasteiger charge is -2.14. The molecule has 2 heterocycles. The molecular formula is C17H26N4. The van der Waals surface area contributed by atoms with E-state index in [9.17, 15) is 0 Å². The molecule has 1 aliphatic heterocycles. The average molecular weight is 286 g/mol. The summed E-state index contributed by atoms with van der Waals surface area (Å²) >= 11 is 0. The number of likely N-dealkylation sites (tertiary alicyclic amines) is 1. The average Bonchev–Trinajstić information content (AvgIpc) is 3.20. The van der Waals surface area contributed by atoms with Gasteiger partial charge in [0.2, 0.25) is 0 Å². The van der Waals surface area contributed by atoms with Crippen LogP contribution in [-0.2, 0) is 6.54 Å². The van der Waals surface area contributed by atoms with E-state index in [0.717, 1.165) is 18.8 Å². The van der Waals surface area contributed by atoms with E-state index >= 15 is 0 Å². The van der Waals surface area contributed by atoms with E-state index < -0.39 is 0 Å².